The lowest BCUT2D eigenvalue weighted by Gasteiger charge is -2.11. The van der Waals surface area contributed by atoms with Crippen molar-refractivity contribution in [2.24, 2.45) is 7.05 Å². The molecule has 0 aliphatic carbocycles. The Labute approximate surface area is 162 Å². The van der Waals surface area contributed by atoms with E-state index in [2.05, 4.69) is 10.4 Å². The maximum atomic E-state index is 13.1. The van der Waals surface area contributed by atoms with Gasteiger partial charge in [-0.25, -0.2) is 4.98 Å². The lowest BCUT2D eigenvalue weighted by molar-refractivity contribution is 0.102. The van der Waals surface area contributed by atoms with Crippen LogP contribution in [0.3, 0.4) is 0 Å². The van der Waals surface area contributed by atoms with Gasteiger partial charge in [-0.05, 0) is 38.1 Å². The summed E-state index contributed by atoms with van der Waals surface area (Å²) in [6.45, 7) is 3.92. The molecule has 4 aromatic rings. The molecule has 2 aromatic carbocycles. The second kappa shape index (κ2) is 6.81. The van der Waals surface area contributed by atoms with Gasteiger partial charge < -0.3 is 10.4 Å². The quantitative estimate of drug-likeness (QED) is 0.564. The number of phenols is 1. The summed E-state index contributed by atoms with van der Waals surface area (Å²) in [6, 6.07) is 15.9. The Morgan fingerprint density at radius 2 is 1.86 bits per heavy atom. The predicted molar refractivity (Wildman–Crippen MR) is 109 cm³/mol. The molecule has 2 aromatic heterocycles. The van der Waals surface area contributed by atoms with E-state index in [4.69, 9.17) is 4.98 Å². The van der Waals surface area contributed by atoms with Crippen LogP contribution < -0.4 is 5.32 Å². The number of hydrogen-bond donors (Lipinski definition) is 2. The number of hydrogen-bond acceptors (Lipinski definition) is 4. The Bertz CT molecular complexity index is 1210. The SMILES string of the molecule is Cc1nn(C)c(C)c1-c1cc(C(=O)Nc2cccc(O)c2)c2ccccc2n1. The fraction of sp³-hybridized carbons (Fsp3) is 0.136. The van der Waals surface area contributed by atoms with Crippen LogP contribution in [0.2, 0.25) is 0 Å². The number of aromatic hydroxyl groups is 1. The molecule has 2 N–H and O–H groups in total. The van der Waals surface area contributed by atoms with Crippen LogP contribution in [0.15, 0.2) is 54.6 Å². The maximum absolute atomic E-state index is 13.1. The molecule has 140 valence electrons. The molecule has 2 heterocycles. The Morgan fingerprint density at radius 3 is 2.57 bits per heavy atom. The molecule has 6 heteroatoms. The Balaban J connectivity index is 1.86. The molecule has 0 bridgehead atoms. The van der Waals surface area contributed by atoms with Crippen molar-refractivity contribution >= 4 is 22.5 Å². The van der Waals surface area contributed by atoms with Crippen molar-refractivity contribution in [2.75, 3.05) is 5.32 Å². The zero-order valence-electron chi connectivity index (χ0n) is 15.9. The third-order valence-corrected chi connectivity index (χ3v) is 4.83. The van der Waals surface area contributed by atoms with Crippen molar-refractivity contribution in [3.63, 3.8) is 0 Å². The smallest absolute Gasteiger partial charge is 0.256 e. The molecule has 0 fully saturated rings. The first-order chi connectivity index (χ1) is 13.4. The first-order valence-electron chi connectivity index (χ1n) is 8.95. The number of amides is 1. The number of phenolic OH excluding ortho intramolecular Hbond substituents is 1. The lowest BCUT2D eigenvalue weighted by atomic mass is 10.0. The van der Waals surface area contributed by atoms with E-state index in [9.17, 15) is 9.90 Å². The lowest BCUT2D eigenvalue weighted by Crippen LogP contribution is -2.13. The molecule has 0 unspecified atom stereocenters. The largest absolute Gasteiger partial charge is 0.508 e. The number of aryl methyl sites for hydroxylation is 2. The van der Waals surface area contributed by atoms with Crippen molar-refractivity contribution in [2.45, 2.75) is 13.8 Å². The van der Waals surface area contributed by atoms with Gasteiger partial charge in [0.2, 0.25) is 0 Å². The van der Waals surface area contributed by atoms with E-state index >= 15 is 0 Å². The average molecular weight is 372 g/mol. The molecule has 1 amide bonds. The van der Waals surface area contributed by atoms with Gasteiger partial charge in [-0.15, -0.1) is 0 Å². The van der Waals surface area contributed by atoms with Gasteiger partial charge in [0, 0.05) is 35.4 Å². The number of nitrogens with zero attached hydrogens (tertiary/aromatic N) is 3. The topological polar surface area (TPSA) is 80.0 Å². The number of anilines is 1. The van der Waals surface area contributed by atoms with Crippen LogP contribution in [0, 0.1) is 13.8 Å². The number of benzene rings is 2. The second-order valence-corrected chi connectivity index (χ2v) is 6.75. The zero-order valence-corrected chi connectivity index (χ0v) is 15.9. The van der Waals surface area contributed by atoms with Gasteiger partial charge in [0.05, 0.1) is 22.5 Å². The summed E-state index contributed by atoms with van der Waals surface area (Å²) in [7, 11) is 1.89. The van der Waals surface area contributed by atoms with E-state index < -0.39 is 0 Å². The number of carbonyl (C=O) groups excluding carboxylic acids is 1. The van der Waals surface area contributed by atoms with Crippen LogP contribution in [-0.4, -0.2) is 25.8 Å². The van der Waals surface area contributed by atoms with Crippen molar-refractivity contribution in [3.05, 3.63) is 71.5 Å². The summed E-state index contributed by atoms with van der Waals surface area (Å²) in [5.41, 5.74) is 5.28. The molecular formula is C22H20N4O2. The first-order valence-corrected chi connectivity index (χ1v) is 8.95. The predicted octanol–water partition coefficient (Wildman–Crippen LogP) is 4.21. The highest BCUT2D eigenvalue weighted by molar-refractivity contribution is 6.13. The van der Waals surface area contributed by atoms with E-state index in [0.717, 1.165) is 27.9 Å². The normalized spacial score (nSPS) is 11.0. The van der Waals surface area contributed by atoms with Crippen molar-refractivity contribution in [3.8, 4) is 17.0 Å². The summed E-state index contributed by atoms with van der Waals surface area (Å²) in [6.07, 6.45) is 0. The molecule has 6 nitrogen and oxygen atoms in total. The Kier molecular flexibility index (Phi) is 4.31. The molecule has 0 spiro atoms. The highest BCUT2D eigenvalue weighted by Gasteiger charge is 2.18. The minimum absolute atomic E-state index is 0.0969. The number of aromatic nitrogens is 3. The van der Waals surface area contributed by atoms with Gasteiger partial charge in [-0.1, -0.05) is 24.3 Å². The molecule has 28 heavy (non-hydrogen) atoms. The molecular weight excluding hydrogens is 352 g/mol. The third-order valence-electron chi connectivity index (χ3n) is 4.83. The van der Waals surface area contributed by atoms with E-state index in [0.29, 0.717) is 16.9 Å². The van der Waals surface area contributed by atoms with E-state index in [-0.39, 0.29) is 11.7 Å². The molecule has 0 atom stereocenters. The standard InChI is InChI=1S/C22H20N4O2/c1-13-21(14(2)26(3)25-13)20-12-18(17-9-4-5-10-19(17)24-20)22(28)23-15-7-6-8-16(27)11-15/h4-12,27H,1-3H3,(H,23,28). The molecule has 0 saturated heterocycles. The van der Waals surface area contributed by atoms with E-state index in [1.54, 1.807) is 24.3 Å². The van der Waals surface area contributed by atoms with Gasteiger partial charge in [0.25, 0.3) is 5.91 Å². The fourth-order valence-corrected chi connectivity index (χ4v) is 3.42. The first kappa shape index (κ1) is 17.7. The maximum Gasteiger partial charge on any atom is 0.256 e. The van der Waals surface area contributed by atoms with Gasteiger partial charge in [-0.3, -0.25) is 9.48 Å². The second-order valence-electron chi connectivity index (χ2n) is 6.75. The Morgan fingerprint density at radius 1 is 1.07 bits per heavy atom. The highest BCUT2D eigenvalue weighted by Crippen LogP contribution is 2.29. The van der Waals surface area contributed by atoms with Gasteiger partial charge >= 0.3 is 0 Å². The summed E-state index contributed by atoms with van der Waals surface area (Å²) in [5.74, 6) is -0.163. The minimum atomic E-state index is -0.260. The monoisotopic (exact) mass is 372 g/mol. The number of carbonyl (C=O) groups is 1. The summed E-state index contributed by atoms with van der Waals surface area (Å²) >= 11 is 0. The molecule has 4 rings (SSSR count). The number of nitrogens with one attached hydrogen (secondary N) is 1. The minimum Gasteiger partial charge on any atom is -0.508 e. The molecule has 0 aliphatic rings. The average Bonchev–Trinajstić information content (AvgIpc) is 2.92. The van der Waals surface area contributed by atoms with Crippen molar-refractivity contribution < 1.29 is 9.90 Å². The van der Waals surface area contributed by atoms with E-state index in [1.165, 1.54) is 6.07 Å². The van der Waals surface area contributed by atoms with Crippen molar-refractivity contribution in [1.29, 1.82) is 0 Å². The van der Waals surface area contributed by atoms with Crippen LogP contribution in [0.25, 0.3) is 22.2 Å². The zero-order chi connectivity index (χ0) is 19.8. The summed E-state index contributed by atoms with van der Waals surface area (Å²) in [5, 5.41) is 17.7. The van der Waals surface area contributed by atoms with Crippen LogP contribution in [0.1, 0.15) is 21.7 Å². The third kappa shape index (κ3) is 3.09. The summed E-state index contributed by atoms with van der Waals surface area (Å²) < 4.78 is 1.81. The number of pyridine rings is 1. The number of rotatable bonds is 3. The van der Waals surface area contributed by atoms with Crippen LogP contribution >= 0.6 is 0 Å². The molecule has 0 aliphatic heterocycles. The number of para-hydroxylation sites is 1. The van der Waals surface area contributed by atoms with Gasteiger partial charge in [-0.2, -0.15) is 5.10 Å². The summed E-state index contributed by atoms with van der Waals surface area (Å²) in [4.78, 5) is 17.8. The van der Waals surface area contributed by atoms with E-state index in [1.807, 2.05) is 49.8 Å². The van der Waals surface area contributed by atoms with Crippen LogP contribution in [0.5, 0.6) is 5.75 Å². The highest BCUT2D eigenvalue weighted by atomic mass is 16.3. The molecule has 0 saturated carbocycles. The number of fused-ring (bicyclic) bond motifs is 1. The fourth-order valence-electron chi connectivity index (χ4n) is 3.42. The van der Waals surface area contributed by atoms with Crippen molar-refractivity contribution in [1.82, 2.24) is 14.8 Å². The molecule has 0 radical (unpaired) electrons. The van der Waals surface area contributed by atoms with Crippen LogP contribution in [0.4, 0.5) is 5.69 Å². The van der Waals surface area contributed by atoms with Gasteiger partial charge in [0.1, 0.15) is 5.75 Å². The Hall–Kier alpha value is -3.67. The van der Waals surface area contributed by atoms with Gasteiger partial charge in [0.15, 0.2) is 0 Å². The van der Waals surface area contributed by atoms with Crippen LogP contribution in [-0.2, 0) is 7.05 Å².